The van der Waals surface area contributed by atoms with Crippen molar-refractivity contribution in [3.63, 3.8) is 0 Å². The van der Waals surface area contributed by atoms with Crippen molar-refractivity contribution < 1.29 is 9.53 Å². The van der Waals surface area contributed by atoms with E-state index in [1.165, 1.54) is 18.4 Å². The minimum Gasteiger partial charge on any atom is -0.423 e. The average molecular weight is 367 g/mol. The topological polar surface area (TPSA) is 55.6 Å². The summed E-state index contributed by atoms with van der Waals surface area (Å²) in [7, 11) is 2.20. The molecule has 1 atom stereocenters. The molecule has 0 amide bonds. The van der Waals surface area contributed by atoms with Crippen LogP contribution in [0.15, 0.2) is 42.5 Å². The SMILES string of the molecule is CCC1(c2cccc(OC(=O)c3c(C)cccc3N)c2)CCCCN(C)C1. The first-order valence-electron chi connectivity index (χ1n) is 9.81. The fourth-order valence-electron chi connectivity index (χ4n) is 4.27. The van der Waals surface area contributed by atoms with Crippen molar-refractivity contribution in [2.75, 3.05) is 25.9 Å². The minimum atomic E-state index is -0.397. The van der Waals surface area contributed by atoms with Crippen molar-refractivity contribution in [2.45, 2.75) is 44.9 Å². The molecule has 1 unspecified atom stereocenters. The molecule has 1 saturated heterocycles. The molecule has 1 aliphatic heterocycles. The zero-order chi connectivity index (χ0) is 19.4. The van der Waals surface area contributed by atoms with Gasteiger partial charge >= 0.3 is 5.97 Å². The van der Waals surface area contributed by atoms with Crippen LogP contribution in [0.2, 0.25) is 0 Å². The molecular formula is C23H30N2O2. The van der Waals surface area contributed by atoms with E-state index in [1.807, 2.05) is 37.3 Å². The first-order valence-corrected chi connectivity index (χ1v) is 9.81. The fourth-order valence-corrected chi connectivity index (χ4v) is 4.27. The molecule has 2 aromatic carbocycles. The van der Waals surface area contributed by atoms with Crippen molar-refractivity contribution >= 4 is 11.7 Å². The van der Waals surface area contributed by atoms with Gasteiger partial charge in [0.15, 0.2) is 0 Å². The maximum atomic E-state index is 12.7. The van der Waals surface area contributed by atoms with Gasteiger partial charge in [-0.1, -0.05) is 37.6 Å². The van der Waals surface area contributed by atoms with Crippen LogP contribution < -0.4 is 10.5 Å². The smallest absolute Gasteiger partial charge is 0.345 e. The highest BCUT2D eigenvalue weighted by Crippen LogP contribution is 2.37. The summed E-state index contributed by atoms with van der Waals surface area (Å²) >= 11 is 0. The van der Waals surface area contributed by atoms with Crippen molar-refractivity contribution in [3.8, 4) is 5.75 Å². The number of hydrogen-bond donors (Lipinski definition) is 1. The third-order valence-corrected chi connectivity index (χ3v) is 5.86. The number of ether oxygens (including phenoxy) is 1. The van der Waals surface area contributed by atoms with Gasteiger partial charge in [0.2, 0.25) is 0 Å². The Balaban J connectivity index is 1.88. The monoisotopic (exact) mass is 366 g/mol. The molecule has 0 saturated carbocycles. The number of hydrogen-bond acceptors (Lipinski definition) is 4. The lowest BCUT2D eigenvalue weighted by Gasteiger charge is -2.35. The summed E-state index contributed by atoms with van der Waals surface area (Å²) in [5, 5.41) is 0. The zero-order valence-electron chi connectivity index (χ0n) is 16.6. The van der Waals surface area contributed by atoms with Gasteiger partial charge in [0.05, 0.1) is 5.56 Å². The van der Waals surface area contributed by atoms with Crippen molar-refractivity contribution in [2.24, 2.45) is 0 Å². The molecule has 0 radical (unpaired) electrons. The maximum absolute atomic E-state index is 12.7. The Hall–Kier alpha value is -2.33. The molecule has 0 spiro atoms. The predicted molar refractivity (Wildman–Crippen MR) is 110 cm³/mol. The van der Waals surface area contributed by atoms with E-state index >= 15 is 0 Å². The van der Waals surface area contributed by atoms with E-state index in [0.717, 1.165) is 31.5 Å². The Kier molecular flexibility index (Phi) is 5.85. The lowest BCUT2D eigenvalue weighted by molar-refractivity contribution is 0.0734. The lowest BCUT2D eigenvalue weighted by atomic mass is 9.74. The molecule has 1 heterocycles. The molecule has 2 N–H and O–H groups in total. The Morgan fingerprint density at radius 2 is 2.00 bits per heavy atom. The van der Waals surface area contributed by atoms with E-state index in [-0.39, 0.29) is 5.41 Å². The van der Waals surface area contributed by atoms with Gasteiger partial charge in [-0.2, -0.15) is 0 Å². The Morgan fingerprint density at radius 1 is 1.22 bits per heavy atom. The number of likely N-dealkylation sites (N-methyl/N-ethyl adjacent to an activating group) is 1. The average Bonchev–Trinajstić information content (AvgIpc) is 2.84. The third-order valence-electron chi connectivity index (χ3n) is 5.86. The van der Waals surface area contributed by atoms with Crippen molar-refractivity contribution in [3.05, 3.63) is 59.2 Å². The van der Waals surface area contributed by atoms with Gasteiger partial charge in [-0.05, 0) is 69.1 Å². The predicted octanol–water partition coefficient (Wildman–Crippen LogP) is 4.56. The van der Waals surface area contributed by atoms with Crippen LogP contribution in [-0.4, -0.2) is 31.0 Å². The van der Waals surface area contributed by atoms with Crippen LogP contribution in [0.5, 0.6) is 5.75 Å². The number of likely N-dealkylation sites (tertiary alicyclic amines) is 1. The number of carbonyl (C=O) groups excluding carboxylic acids is 1. The van der Waals surface area contributed by atoms with E-state index in [4.69, 9.17) is 10.5 Å². The van der Waals surface area contributed by atoms with Crippen LogP contribution in [0.4, 0.5) is 5.69 Å². The van der Waals surface area contributed by atoms with Gasteiger partial charge in [-0.3, -0.25) is 0 Å². The van der Waals surface area contributed by atoms with Crippen molar-refractivity contribution in [1.82, 2.24) is 4.90 Å². The van der Waals surface area contributed by atoms with Crippen LogP contribution in [0, 0.1) is 6.92 Å². The van der Waals surface area contributed by atoms with E-state index in [2.05, 4.69) is 24.9 Å². The molecule has 1 fully saturated rings. The standard InChI is InChI=1S/C23H30N2O2/c1-4-23(13-5-6-14-25(3)16-23)18-10-8-11-19(15-18)27-22(26)21-17(2)9-7-12-20(21)24/h7-12,15H,4-6,13-14,16,24H2,1-3H3. The Labute approximate surface area is 162 Å². The quantitative estimate of drug-likeness (QED) is 0.490. The lowest BCUT2D eigenvalue weighted by Crippen LogP contribution is -2.37. The number of rotatable bonds is 4. The second kappa shape index (κ2) is 8.13. The van der Waals surface area contributed by atoms with Gasteiger partial charge < -0.3 is 15.4 Å². The van der Waals surface area contributed by atoms with Gasteiger partial charge in [0, 0.05) is 17.6 Å². The Morgan fingerprint density at radius 3 is 2.74 bits per heavy atom. The summed E-state index contributed by atoms with van der Waals surface area (Å²) < 4.78 is 5.71. The van der Waals surface area contributed by atoms with E-state index < -0.39 is 5.97 Å². The molecule has 0 bridgehead atoms. The highest BCUT2D eigenvalue weighted by atomic mass is 16.5. The molecule has 4 nitrogen and oxygen atoms in total. The molecule has 0 aromatic heterocycles. The number of carbonyl (C=O) groups is 1. The molecule has 0 aliphatic carbocycles. The minimum absolute atomic E-state index is 0.107. The second-order valence-electron chi connectivity index (χ2n) is 7.79. The van der Waals surface area contributed by atoms with Gasteiger partial charge in [0.25, 0.3) is 0 Å². The van der Waals surface area contributed by atoms with Crippen LogP contribution in [-0.2, 0) is 5.41 Å². The fraction of sp³-hybridized carbons (Fsp3) is 0.435. The number of nitrogens with zero attached hydrogens (tertiary/aromatic N) is 1. The molecule has 27 heavy (non-hydrogen) atoms. The highest BCUT2D eigenvalue weighted by Gasteiger charge is 2.33. The van der Waals surface area contributed by atoms with Gasteiger partial charge in [-0.25, -0.2) is 4.79 Å². The summed E-state index contributed by atoms with van der Waals surface area (Å²) in [5.41, 5.74) is 9.07. The highest BCUT2D eigenvalue weighted by molar-refractivity contribution is 5.97. The summed E-state index contributed by atoms with van der Waals surface area (Å²) in [6.45, 7) is 6.30. The molecule has 1 aliphatic rings. The number of anilines is 1. The number of nitrogen functional groups attached to an aromatic ring is 1. The maximum Gasteiger partial charge on any atom is 0.345 e. The summed E-state index contributed by atoms with van der Waals surface area (Å²) in [4.78, 5) is 15.1. The molecule has 2 aromatic rings. The van der Waals surface area contributed by atoms with Crippen LogP contribution in [0.25, 0.3) is 0 Å². The van der Waals surface area contributed by atoms with Crippen LogP contribution >= 0.6 is 0 Å². The molecule has 3 rings (SSSR count). The third kappa shape index (κ3) is 4.16. The van der Waals surface area contributed by atoms with E-state index in [1.54, 1.807) is 6.07 Å². The zero-order valence-corrected chi connectivity index (χ0v) is 16.6. The Bertz CT molecular complexity index is 798. The number of benzene rings is 2. The first-order chi connectivity index (χ1) is 12.9. The van der Waals surface area contributed by atoms with E-state index in [9.17, 15) is 4.79 Å². The number of nitrogens with two attached hydrogens (primary N) is 1. The first kappa shape index (κ1) is 19.4. The van der Waals surface area contributed by atoms with Crippen molar-refractivity contribution in [1.29, 1.82) is 0 Å². The largest absolute Gasteiger partial charge is 0.423 e. The second-order valence-corrected chi connectivity index (χ2v) is 7.79. The number of esters is 1. The van der Waals surface area contributed by atoms with Crippen LogP contribution in [0.1, 0.15) is 54.1 Å². The molecular weight excluding hydrogens is 336 g/mol. The molecule has 144 valence electrons. The van der Waals surface area contributed by atoms with Gasteiger partial charge in [0.1, 0.15) is 5.75 Å². The normalized spacial score (nSPS) is 20.9. The van der Waals surface area contributed by atoms with E-state index in [0.29, 0.717) is 17.0 Å². The summed E-state index contributed by atoms with van der Waals surface area (Å²) in [6, 6.07) is 13.5. The molecule has 4 heteroatoms. The number of aryl methyl sites for hydroxylation is 1. The summed E-state index contributed by atoms with van der Waals surface area (Å²) in [5.74, 6) is 0.186. The summed E-state index contributed by atoms with van der Waals surface area (Å²) in [6.07, 6.45) is 4.69. The van der Waals surface area contributed by atoms with Crippen LogP contribution in [0.3, 0.4) is 0 Å². The van der Waals surface area contributed by atoms with Gasteiger partial charge in [-0.15, -0.1) is 0 Å².